The summed E-state index contributed by atoms with van der Waals surface area (Å²) in [7, 11) is 0. The molecule has 6 nitrogen and oxygen atoms in total. The monoisotopic (exact) mass is 403 g/mol. The average Bonchev–Trinajstić information content (AvgIpc) is 3.14. The molecular weight excluding hydrogens is 373 g/mol. The first-order valence-electron chi connectivity index (χ1n) is 10.3. The number of aromatic nitrogens is 1. The Kier molecular flexibility index (Phi) is 7.77. The third kappa shape index (κ3) is 6.94. The van der Waals surface area contributed by atoms with E-state index < -0.39 is 0 Å². The van der Waals surface area contributed by atoms with Gasteiger partial charge in [-0.25, -0.2) is 4.39 Å². The van der Waals surface area contributed by atoms with E-state index in [1.54, 1.807) is 18.2 Å². The molecule has 1 aliphatic rings. The van der Waals surface area contributed by atoms with E-state index in [2.05, 4.69) is 29.2 Å². The van der Waals surface area contributed by atoms with E-state index >= 15 is 0 Å². The first kappa shape index (κ1) is 21.5. The number of piperidine rings is 1. The lowest BCUT2D eigenvalue weighted by Gasteiger charge is -2.34. The minimum atomic E-state index is -0.303. The van der Waals surface area contributed by atoms with Crippen LogP contribution in [0, 0.1) is 17.7 Å². The van der Waals surface area contributed by atoms with Gasteiger partial charge in [-0.15, -0.1) is 0 Å². The van der Waals surface area contributed by atoms with Gasteiger partial charge >= 0.3 is 0 Å². The summed E-state index contributed by atoms with van der Waals surface area (Å²) >= 11 is 0. The number of benzene rings is 1. The second kappa shape index (κ2) is 10.5. The Morgan fingerprint density at radius 3 is 2.72 bits per heavy atom. The summed E-state index contributed by atoms with van der Waals surface area (Å²) in [5.74, 6) is 1.61. The smallest absolute Gasteiger partial charge is 0.246 e. The standard InChI is InChI=1S/C22H30FN3O3/c1-16-10-17(2)13-26(12-16)9-3-8-24-22(27)15-28-14-20-11-21(29-25-20)18-4-6-19(23)7-5-18/h4-7,11,16-17H,3,8-10,12-15H2,1-2H3,(H,24,27)/t16-,17-/m1/s1. The Labute approximate surface area is 171 Å². The molecule has 1 aliphatic heterocycles. The maximum atomic E-state index is 13.0. The lowest BCUT2D eigenvalue weighted by molar-refractivity contribution is -0.126. The summed E-state index contributed by atoms with van der Waals surface area (Å²) in [6, 6.07) is 7.71. The molecule has 0 spiro atoms. The molecule has 1 N–H and O–H groups in total. The van der Waals surface area contributed by atoms with Crippen molar-refractivity contribution in [3.8, 4) is 11.3 Å². The molecule has 1 saturated heterocycles. The lowest BCUT2D eigenvalue weighted by Crippen LogP contribution is -2.40. The number of carbonyl (C=O) groups excluding carboxylic acids is 1. The molecule has 0 aliphatic carbocycles. The van der Waals surface area contributed by atoms with Crippen molar-refractivity contribution in [3.05, 3.63) is 41.8 Å². The molecule has 158 valence electrons. The lowest BCUT2D eigenvalue weighted by atomic mass is 9.92. The molecule has 7 heteroatoms. The van der Waals surface area contributed by atoms with Gasteiger partial charge in [-0.05, 0) is 55.5 Å². The van der Waals surface area contributed by atoms with Crippen molar-refractivity contribution in [2.45, 2.75) is 33.3 Å². The molecule has 0 radical (unpaired) electrons. The number of hydrogen-bond donors (Lipinski definition) is 1. The molecule has 1 aromatic carbocycles. The van der Waals surface area contributed by atoms with Crippen LogP contribution in [-0.4, -0.2) is 48.7 Å². The van der Waals surface area contributed by atoms with Crippen molar-refractivity contribution in [1.29, 1.82) is 0 Å². The van der Waals surface area contributed by atoms with E-state index in [9.17, 15) is 9.18 Å². The van der Waals surface area contributed by atoms with E-state index in [0.29, 0.717) is 18.0 Å². The van der Waals surface area contributed by atoms with Crippen molar-refractivity contribution >= 4 is 5.91 Å². The number of carbonyl (C=O) groups is 1. The summed E-state index contributed by atoms with van der Waals surface area (Å²) in [5.41, 5.74) is 1.32. The highest BCUT2D eigenvalue weighted by molar-refractivity contribution is 5.77. The first-order chi connectivity index (χ1) is 14.0. The Balaban J connectivity index is 1.30. The molecule has 2 atom stereocenters. The quantitative estimate of drug-likeness (QED) is 0.650. The number of ether oxygens (including phenoxy) is 1. The van der Waals surface area contributed by atoms with Crippen molar-refractivity contribution in [1.82, 2.24) is 15.4 Å². The van der Waals surface area contributed by atoms with Gasteiger partial charge in [0.1, 0.15) is 18.1 Å². The molecule has 1 fully saturated rings. The third-order valence-corrected chi connectivity index (χ3v) is 5.09. The molecule has 2 heterocycles. The van der Waals surface area contributed by atoms with Gasteiger partial charge in [-0.1, -0.05) is 19.0 Å². The second-order valence-electron chi connectivity index (χ2n) is 8.09. The number of rotatable bonds is 9. The predicted octanol–water partition coefficient (Wildman–Crippen LogP) is 3.48. The van der Waals surface area contributed by atoms with Crippen LogP contribution in [0.5, 0.6) is 0 Å². The molecule has 3 rings (SSSR count). The number of likely N-dealkylation sites (tertiary alicyclic amines) is 1. The van der Waals surface area contributed by atoms with E-state index in [1.807, 2.05) is 0 Å². The molecule has 29 heavy (non-hydrogen) atoms. The zero-order chi connectivity index (χ0) is 20.6. The predicted molar refractivity (Wildman–Crippen MR) is 109 cm³/mol. The van der Waals surface area contributed by atoms with Gasteiger partial charge in [0.2, 0.25) is 5.91 Å². The number of amides is 1. The van der Waals surface area contributed by atoms with Gasteiger partial charge < -0.3 is 19.5 Å². The van der Waals surface area contributed by atoms with Crippen LogP contribution in [0.4, 0.5) is 4.39 Å². The number of nitrogens with one attached hydrogen (secondary N) is 1. The Morgan fingerprint density at radius 2 is 2.00 bits per heavy atom. The topological polar surface area (TPSA) is 67.6 Å². The van der Waals surface area contributed by atoms with Crippen LogP contribution in [-0.2, 0) is 16.1 Å². The zero-order valence-corrected chi connectivity index (χ0v) is 17.2. The van der Waals surface area contributed by atoms with Crippen molar-refractivity contribution in [2.24, 2.45) is 11.8 Å². The third-order valence-electron chi connectivity index (χ3n) is 5.09. The van der Waals surface area contributed by atoms with E-state index in [1.165, 1.54) is 18.6 Å². The SMILES string of the molecule is C[C@@H]1C[C@@H](C)CN(CCCNC(=O)COCc2cc(-c3ccc(F)cc3)on2)C1. The number of hydrogen-bond acceptors (Lipinski definition) is 5. The van der Waals surface area contributed by atoms with Crippen LogP contribution in [0.1, 0.15) is 32.4 Å². The van der Waals surface area contributed by atoms with Gasteiger partial charge in [-0.3, -0.25) is 4.79 Å². The Hall–Kier alpha value is -2.25. The maximum absolute atomic E-state index is 13.0. The van der Waals surface area contributed by atoms with E-state index in [4.69, 9.17) is 9.26 Å². The Bertz CT molecular complexity index is 768. The molecule has 1 aromatic heterocycles. The highest BCUT2D eigenvalue weighted by atomic mass is 19.1. The second-order valence-corrected chi connectivity index (χ2v) is 8.09. The molecule has 0 saturated carbocycles. The highest BCUT2D eigenvalue weighted by Gasteiger charge is 2.21. The molecule has 0 bridgehead atoms. The van der Waals surface area contributed by atoms with Gasteiger partial charge in [-0.2, -0.15) is 0 Å². The summed E-state index contributed by atoms with van der Waals surface area (Å²) in [6.07, 6.45) is 2.25. The normalized spacial score (nSPS) is 20.0. The fourth-order valence-corrected chi connectivity index (χ4v) is 3.93. The number of nitrogens with zero attached hydrogens (tertiary/aromatic N) is 2. The van der Waals surface area contributed by atoms with Crippen LogP contribution in [0.2, 0.25) is 0 Å². The summed E-state index contributed by atoms with van der Waals surface area (Å²) in [6.45, 7) is 8.75. The van der Waals surface area contributed by atoms with Gasteiger partial charge in [0.15, 0.2) is 5.76 Å². The van der Waals surface area contributed by atoms with Crippen LogP contribution in [0.15, 0.2) is 34.9 Å². The molecule has 2 aromatic rings. The molecule has 1 amide bonds. The van der Waals surface area contributed by atoms with Gasteiger partial charge in [0.05, 0.1) is 6.61 Å². The van der Waals surface area contributed by atoms with E-state index in [0.717, 1.165) is 43.5 Å². The summed E-state index contributed by atoms with van der Waals surface area (Å²) in [4.78, 5) is 14.4. The highest BCUT2D eigenvalue weighted by Crippen LogP contribution is 2.21. The van der Waals surface area contributed by atoms with Crippen molar-refractivity contribution < 1.29 is 18.4 Å². The van der Waals surface area contributed by atoms with Crippen LogP contribution >= 0.6 is 0 Å². The van der Waals surface area contributed by atoms with Crippen molar-refractivity contribution in [2.75, 3.05) is 32.8 Å². The van der Waals surface area contributed by atoms with Crippen molar-refractivity contribution in [3.63, 3.8) is 0 Å². The largest absolute Gasteiger partial charge is 0.365 e. The Morgan fingerprint density at radius 1 is 1.28 bits per heavy atom. The van der Waals surface area contributed by atoms with E-state index in [-0.39, 0.29) is 24.9 Å². The first-order valence-corrected chi connectivity index (χ1v) is 10.3. The summed E-state index contributed by atoms with van der Waals surface area (Å²) < 4.78 is 23.6. The van der Waals surface area contributed by atoms with Crippen LogP contribution < -0.4 is 5.32 Å². The minimum Gasteiger partial charge on any atom is -0.365 e. The summed E-state index contributed by atoms with van der Waals surface area (Å²) in [5, 5.41) is 6.82. The van der Waals surface area contributed by atoms with Crippen LogP contribution in [0.25, 0.3) is 11.3 Å². The maximum Gasteiger partial charge on any atom is 0.246 e. The minimum absolute atomic E-state index is 0.0173. The number of halogens is 1. The van der Waals surface area contributed by atoms with Gasteiger partial charge in [0.25, 0.3) is 0 Å². The molecule has 0 unspecified atom stereocenters. The fourth-order valence-electron chi connectivity index (χ4n) is 3.93. The van der Waals surface area contributed by atoms with Gasteiger partial charge in [0, 0.05) is 31.3 Å². The fraction of sp³-hybridized carbons (Fsp3) is 0.545. The van der Waals surface area contributed by atoms with Crippen LogP contribution in [0.3, 0.4) is 0 Å². The zero-order valence-electron chi connectivity index (χ0n) is 17.2. The molecular formula is C22H30FN3O3. The average molecular weight is 403 g/mol.